The molecule has 6 heteroatoms. The van der Waals surface area contributed by atoms with Gasteiger partial charge in [0, 0.05) is 18.5 Å². The number of nitrogens with one attached hydrogen (secondary N) is 1. The van der Waals surface area contributed by atoms with Crippen molar-refractivity contribution in [3.05, 3.63) is 41.0 Å². The van der Waals surface area contributed by atoms with E-state index in [-0.39, 0.29) is 5.91 Å². The van der Waals surface area contributed by atoms with Gasteiger partial charge in [0.15, 0.2) is 5.82 Å². The fourth-order valence-corrected chi connectivity index (χ4v) is 2.80. The van der Waals surface area contributed by atoms with Crippen LogP contribution in [0.15, 0.2) is 18.2 Å². The highest BCUT2D eigenvalue weighted by Crippen LogP contribution is 2.20. The zero-order chi connectivity index (χ0) is 15.5. The van der Waals surface area contributed by atoms with Gasteiger partial charge in [-0.3, -0.25) is 4.79 Å². The molecule has 0 spiro atoms. The Kier molecular flexibility index (Phi) is 4.09. The highest BCUT2D eigenvalue weighted by Gasteiger charge is 2.17. The second kappa shape index (κ2) is 6.17. The summed E-state index contributed by atoms with van der Waals surface area (Å²) in [7, 11) is 1.62. The van der Waals surface area contributed by atoms with E-state index in [1.807, 2.05) is 25.1 Å². The molecular weight excluding hydrogens is 280 g/mol. The lowest BCUT2D eigenvalue weighted by molar-refractivity contribution is -0.120. The molecule has 1 aliphatic rings. The number of amides is 1. The first-order valence-corrected chi connectivity index (χ1v) is 7.48. The fraction of sp³-hybridized carbons (Fsp3) is 0.438. The third-order valence-corrected chi connectivity index (χ3v) is 3.92. The fourth-order valence-electron chi connectivity index (χ4n) is 2.80. The molecule has 0 atom stereocenters. The zero-order valence-electron chi connectivity index (χ0n) is 12.9. The van der Waals surface area contributed by atoms with E-state index >= 15 is 0 Å². The van der Waals surface area contributed by atoms with Gasteiger partial charge in [-0.15, -0.1) is 10.2 Å². The van der Waals surface area contributed by atoms with Crippen molar-refractivity contribution in [2.45, 2.75) is 39.3 Å². The van der Waals surface area contributed by atoms with Crippen LogP contribution >= 0.6 is 0 Å². The molecule has 2 aromatic rings. The summed E-state index contributed by atoms with van der Waals surface area (Å²) in [4.78, 5) is 12.2. The van der Waals surface area contributed by atoms with Crippen LogP contribution in [0.4, 0.5) is 0 Å². The molecular formula is C16H20N4O2. The van der Waals surface area contributed by atoms with Crippen molar-refractivity contribution >= 4 is 5.91 Å². The summed E-state index contributed by atoms with van der Waals surface area (Å²) in [5, 5.41) is 11.2. The Bertz CT molecular complexity index is 693. The van der Waals surface area contributed by atoms with Gasteiger partial charge in [-0.25, -0.2) is 0 Å². The second-order valence-electron chi connectivity index (χ2n) is 5.56. The average molecular weight is 300 g/mol. The minimum Gasteiger partial charge on any atom is -0.496 e. The normalized spacial score (nSPS) is 13.0. The predicted octanol–water partition coefficient (Wildman–Crippen LogP) is 1.40. The molecule has 1 amide bonds. The Morgan fingerprint density at radius 3 is 3.09 bits per heavy atom. The van der Waals surface area contributed by atoms with E-state index in [4.69, 9.17) is 4.74 Å². The maximum Gasteiger partial charge on any atom is 0.224 e. The van der Waals surface area contributed by atoms with Crippen molar-refractivity contribution < 1.29 is 9.53 Å². The SMILES string of the molecule is COc1ccc(C)cc1CC(=O)NCc1nnc2n1CCC2. The molecule has 2 heterocycles. The van der Waals surface area contributed by atoms with Gasteiger partial charge in [0.25, 0.3) is 0 Å². The Morgan fingerprint density at radius 2 is 2.27 bits per heavy atom. The van der Waals surface area contributed by atoms with Gasteiger partial charge in [0.05, 0.1) is 20.1 Å². The summed E-state index contributed by atoms with van der Waals surface area (Å²) in [6, 6.07) is 5.84. The van der Waals surface area contributed by atoms with E-state index in [9.17, 15) is 4.79 Å². The van der Waals surface area contributed by atoms with Crippen LogP contribution in [0.2, 0.25) is 0 Å². The van der Waals surface area contributed by atoms with E-state index in [0.29, 0.717) is 13.0 Å². The quantitative estimate of drug-likeness (QED) is 0.906. The Hall–Kier alpha value is -2.37. The number of rotatable bonds is 5. The van der Waals surface area contributed by atoms with Gasteiger partial charge in [-0.05, 0) is 19.4 Å². The molecule has 0 radical (unpaired) electrons. The average Bonchev–Trinajstić information content (AvgIpc) is 3.09. The third-order valence-electron chi connectivity index (χ3n) is 3.92. The molecule has 22 heavy (non-hydrogen) atoms. The lowest BCUT2D eigenvalue weighted by Crippen LogP contribution is -2.26. The van der Waals surface area contributed by atoms with E-state index in [1.165, 1.54) is 0 Å². The molecule has 116 valence electrons. The molecule has 0 bridgehead atoms. The van der Waals surface area contributed by atoms with Crippen LogP contribution in [0.5, 0.6) is 5.75 Å². The van der Waals surface area contributed by atoms with Crippen molar-refractivity contribution in [3.63, 3.8) is 0 Å². The minimum atomic E-state index is -0.0424. The zero-order valence-corrected chi connectivity index (χ0v) is 12.9. The summed E-state index contributed by atoms with van der Waals surface area (Å²) < 4.78 is 7.40. The number of carbonyl (C=O) groups excluding carboxylic acids is 1. The first kappa shape index (κ1) is 14.6. The highest BCUT2D eigenvalue weighted by molar-refractivity contribution is 5.79. The first-order chi connectivity index (χ1) is 10.7. The number of ether oxygens (including phenoxy) is 1. The predicted molar refractivity (Wildman–Crippen MR) is 81.6 cm³/mol. The topological polar surface area (TPSA) is 69.0 Å². The van der Waals surface area contributed by atoms with Gasteiger partial charge < -0.3 is 14.6 Å². The van der Waals surface area contributed by atoms with Crippen LogP contribution in [-0.2, 0) is 30.7 Å². The monoisotopic (exact) mass is 300 g/mol. The number of aromatic nitrogens is 3. The molecule has 1 aromatic carbocycles. The number of benzene rings is 1. The molecule has 0 saturated heterocycles. The number of nitrogens with zero attached hydrogens (tertiary/aromatic N) is 3. The molecule has 3 rings (SSSR count). The highest BCUT2D eigenvalue weighted by atomic mass is 16.5. The van der Waals surface area contributed by atoms with Crippen LogP contribution in [0, 0.1) is 6.92 Å². The van der Waals surface area contributed by atoms with Gasteiger partial charge in [-0.2, -0.15) is 0 Å². The number of aryl methyl sites for hydroxylation is 2. The Labute approximate surface area is 129 Å². The summed E-state index contributed by atoms with van der Waals surface area (Å²) in [6.45, 7) is 3.36. The smallest absolute Gasteiger partial charge is 0.224 e. The molecule has 0 unspecified atom stereocenters. The number of carbonyl (C=O) groups is 1. The van der Waals surface area contributed by atoms with Crippen molar-refractivity contribution in [2.75, 3.05) is 7.11 Å². The Morgan fingerprint density at radius 1 is 1.41 bits per heavy atom. The third kappa shape index (κ3) is 2.95. The summed E-state index contributed by atoms with van der Waals surface area (Å²) in [5.41, 5.74) is 2.00. The van der Waals surface area contributed by atoms with Crippen molar-refractivity contribution in [1.29, 1.82) is 0 Å². The standard InChI is InChI=1S/C16H20N4O2/c1-11-5-6-13(22-2)12(8-11)9-16(21)17-10-15-19-18-14-4-3-7-20(14)15/h5-6,8H,3-4,7,9-10H2,1-2H3,(H,17,21). The number of fused-ring (bicyclic) bond motifs is 1. The van der Waals surface area contributed by atoms with Crippen LogP contribution in [-0.4, -0.2) is 27.8 Å². The number of hydrogen-bond donors (Lipinski definition) is 1. The second-order valence-corrected chi connectivity index (χ2v) is 5.56. The number of hydrogen-bond acceptors (Lipinski definition) is 4. The van der Waals surface area contributed by atoms with Crippen LogP contribution in [0.1, 0.15) is 29.2 Å². The number of methoxy groups -OCH3 is 1. The van der Waals surface area contributed by atoms with Gasteiger partial charge in [-0.1, -0.05) is 17.7 Å². The molecule has 0 aliphatic carbocycles. The van der Waals surface area contributed by atoms with E-state index < -0.39 is 0 Å². The lowest BCUT2D eigenvalue weighted by Gasteiger charge is -2.10. The summed E-state index contributed by atoms with van der Waals surface area (Å²) in [5.74, 6) is 2.55. The first-order valence-electron chi connectivity index (χ1n) is 7.48. The molecule has 6 nitrogen and oxygen atoms in total. The summed E-state index contributed by atoms with van der Waals surface area (Å²) in [6.07, 6.45) is 2.37. The van der Waals surface area contributed by atoms with Gasteiger partial charge in [0.1, 0.15) is 11.6 Å². The largest absolute Gasteiger partial charge is 0.496 e. The molecule has 1 N–H and O–H groups in total. The van der Waals surface area contributed by atoms with Crippen LogP contribution in [0.3, 0.4) is 0 Å². The lowest BCUT2D eigenvalue weighted by atomic mass is 10.1. The molecule has 0 fully saturated rings. The maximum absolute atomic E-state index is 12.2. The van der Waals surface area contributed by atoms with E-state index in [2.05, 4.69) is 20.1 Å². The molecule has 1 aliphatic heterocycles. The summed E-state index contributed by atoms with van der Waals surface area (Å²) >= 11 is 0. The van der Waals surface area contributed by atoms with Gasteiger partial charge in [0.2, 0.25) is 5.91 Å². The van der Waals surface area contributed by atoms with Crippen molar-refractivity contribution in [1.82, 2.24) is 20.1 Å². The van der Waals surface area contributed by atoms with Crippen molar-refractivity contribution in [2.24, 2.45) is 0 Å². The Balaban J connectivity index is 1.62. The minimum absolute atomic E-state index is 0.0424. The van der Waals surface area contributed by atoms with E-state index in [0.717, 1.165) is 47.9 Å². The van der Waals surface area contributed by atoms with Crippen LogP contribution < -0.4 is 10.1 Å². The van der Waals surface area contributed by atoms with E-state index in [1.54, 1.807) is 7.11 Å². The van der Waals surface area contributed by atoms with Gasteiger partial charge >= 0.3 is 0 Å². The molecule has 1 aromatic heterocycles. The van der Waals surface area contributed by atoms with Crippen LogP contribution in [0.25, 0.3) is 0 Å². The van der Waals surface area contributed by atoms with Crippen molar-refractivity contribution in [3.8, 4) is 5.75 Å². The maximum atomic E-state index is 12.2. The molecule has 0 saturated carbocycles.